The zero-order chi connectivity index (χ0) is 10.6. The van der Waals surface area contributed by atoms with Crippen LogP contribution in [-0.2, 0) is 20.3 Å². The van der Waals surface area contributed by atoms with Crippen molar-refractivity contribution >= 4 is 16.7 Å². The molecule has 0 aromatic heterocycles. The number of thiol groups is 1. The third kappa shape index (κ3) is 2.30. The first kappa shape index (κ1) is 10.7. The Morgan fingerprint density at radius 2 is 1.86 bits per heavy atom. The molecular formula is C8H9NO4S. The van der Waals surface area contributed by atoms with Crippen LogP contribution in [0.5, 0.6) is 0 Å². The van der Waals surface area contributed by atoms with Crippen molar-refractivity contribution in [2.45, 2.75) is 5.25 Å². The van der Waals surface area contributed by atoms with Gasteiger partial charge in [0.05, 0.1) is 0 Å². The third-order valence-corrected chi connectivity index (χ3v) is 2.60. The van der Waals surface area contributed by atoms with Gasteiger partial charge in [0.25, 0.3) is 0 Å². The number of rotatable bonds is 3. The summed E-state index contributed by atoms with van der Waals surface area (Å²) in [4.78, 5) is 14.9. The SMILES string of the molecule is NOC(=O)C(c1ccccc1)[SH](=O)=O. The van der Waals surface area contributed by atoms with Crippen LogP contribution in [0.25, 0.3) is 0 Å². The highest BCUT2D eigenvalue weighted by Crippen LogP contribution is 2.17. The maximum Gasteiger partial charge on any atom is 0.347 e. The number of nitrogens with two attached hydrogens (primary N) is 1. The van der Waals surface area contributed by atoms with Crippen LogP contribution in [0.4, 0.5) is 0 Å². The Labute approximate surface area is 82.4 Å². The Hall–Kier alpha value is -1.40. The Balaban J connectivity index is 3.07. The minimum atomic E-state index is -2.94. The lowest BCUT2D eigenvalue weighted by Gasteiger charge is -2.06. The number of benzene rings is 1. The van der Waals surface area contributed by atoms with E-state index >= 15 is 0 Å². The third-order valence-electron chi connectivity index (χ3n) is 1.67. The Morgan fingerprint density at radius 3 is 2.29 bits per heavy atom. The molecule has 0 saturated heterocycles. The Kier molecular flexibility index (Phi) is 3.61. The lowest BCUT2D eigenvalue weighted by atomic mass is 10.1. The number of carbonyl (C=O) groups is 1. The van der Waals surface area contributed by atoms with Crippen LogP contribution >= 0.6 is 0 Å². The second kappa shape index (κ2) is 4.73. The van der Waals surface area contributed by atoms with Crippen molar-refractivity contribution in [3.05, 3.63) is 35.9 Å². The molecule has 5 nitrogen and oxygen atoms in total. The molecule has 1 aromatic rings. The Bertz CT molecular complexity index is 380. The summed E-state index contributed by atoms with van der Waals surface area (Å²) in [7, 11) is -2.94. The zero-order valence-corrected chi connectivity index (χ0v) is 8.02. The molecule has 0 heterocycles. The molecule has 0 aliphatic heterocycles. The smallest absolute Gasteiger partial charge is 0.347 e. The van der Waals surface area contributed by atoms with Crippen LogP contribution in [-0.4, -0.2) is 14.4 Å². The highest BCUT2D eigenvalue weighted by Gasteiger charge is 2.24. The highest BCUT2D eigenvalue weighted by atomic mass is 32.2. The summed E-state index contributed by atoms with van der Waals surface area (Å²) in [6.45, 7) is 0. The summed E-state index contributed by atoms with van der Waals surface area (Å²) in [5, 5.41) is -1.32. The van der Waals surface area contributed by atoms with Crippen LogP contribution in [0, 0.1) is 0 Å². The topological polar surface area (TPSA) is 86.5 Å². The fourth-order valence-corrected chi connectivity index (χ4v) is 1.69. The molecule has 1 unspecified atom stereocenters. The molecule has 14 heavy (non-hydrogen) atoms. The van der Waals surface area contributed by atoms with Crippen molar-refractivity contribution in [3.8, 4) is 0 Å². The highest BCUT2D eigenvalue weighted by molar-refractivity contribution is 7.73. The molecule has 0 amide bonds. The molecule has 2 N–H and O–H groups in total. The van der Waals surface area contributed by atoms with Gasteiger partial charge in [0.2, 0.25) is 0 Å². The van der Waals surface area contributed by atoms with Gasteiger partial charge in [0.1, 0.15) is 0 Å². The summed E-state index contributed by atoms with van der Waals surface area (Å²) in [5.74, 6) is 3.65. The normalized spacial score (nSPS) is 12.4. The van der Waals surface area contributed by atoms with Gasteiger partial charge < -0.3 is 4.84 Å². The van der Waals surface area contributed by atoms with Gasteiger partial charge in [-0.3, -0.25) is 0 Å². The fraction of sp³-hybridized carbons (Fsp3) is 0.125. The van der Waals surface area contributed by atoms with E-state index < -0.39 is 21.9 Å². The first-order chi connectivity index (χ1) is 6.66. The van der Waals surface area contributed by atoms with Gasteiger partial charge >= 0.3 is 5.97 Å². The maximum atomic E-state index is 11.0. The van der Waals surface area contributed by atoms with Gasteiger partial charge in [-0.15, -0.1) is 0 Å². The maximum absolute atomic E-state index is 11.0. The molecule has 0 aliphatic carbocycles. The molecule has 0 aliphatic rings. The second-order valence-electron chi connectivity index (χ2n) is 2.54. The molecule has 0 bridgehead atoms. The fourth-order valence-electron chi connectivity index (χ4n) is 1.04. The minimum absolute atomic E-state index is 0.346. The van der Waals surface area contributed by atoms with Crippen molar-refractivity contribution < 1.29 is 18.0 Å². The first-order valence-corrected chi connectivity index (χ1v) is 5.00. The van der Waals surface area contributed by atoms with E-state index in [1.807, 2.05) is 0 Å². The average Bonchev–Trinajstić information content (AvgIpc) is 2.19. The summed E-state index contributed by atoms with van der Waals surface area (Å²) in [6, 6.07) is 8.02. The molecule has 0 saturated carbocycles. The van der Waals surface area contributed by atoms with Gasteiger partial charge in [0.15, 0.2) is 16.0 Å². The van der Waals surface area contributed by atoms with E-state index in [0.29, 0.717) is 5.56 Å². The van der Waals surface area contributed by atoms with Gasteiger partial charge in [-0.1, -0.05) is 30.3 Å². The lowest BCUT2D eigenvalue weighted by Crippen LogP contribution is -2.20. The molecule has 6 heteroatoms. The van der Waals surface area contributed by atoms with Crippen molar-refractivity contribution in [1.29, 1.82) is 0 Å². The van der Waals surface area contributed by atoms with E-state index in [0.717, 1.165) is 0 Å². The van der Waals surface area contributed by atoms with E-state index in [4.69, 9.17) is 0 Å². The van der Waals surface area contributed by atoms with E-state index in [1.165, 1.54) is 12.1 Å². The first-order valence-electron chi connectivity index (χ1n) is 3.76. The van der Waals surface area contributed by atoms with Crippen molar-refractivity contribution in [2.75, 3.05) is 0 Å². The van der Waals surface area contributed by atoms with Gasteiger partial charge in [-0.25, -0.2) is 13.2 Å². The lowest BCUT2D eigenvalue weighted by molar-refractivity contribution is -0.143. The number of carbonyl (C=O) groups excluding carboxylic acids is 1. The largest absolute Gasteiger partial charge is 0.372 e. The van der Waals surface area contributed by atoms with Crippen molar-refractivity contribution in [3.63, 3.8) is 0 Å². The van der Waals surface area contributed by atoms with Crippen molar-refractivity contribution in [1.82, 2.24) is 0 Å². The van der Waals surface area contributed by atoms with Crippen LogP contribution in [0.2, 0.25) is 0 Å². The number of hydrogen-bond donors (Lipinski definition) is 2. The second-order valence-corrected chi connectivity index (χ2v) is 3.62. The van der Waals surface area contributed by atoms with Crippen LogP contribution in [0.3, 0.4) is 0 Å². The van der Waals surface area contributed by atoms with Gasteiger partial charge in [0, 0.05) is 0 Å². The van der Waals surface area contributed by atoms with Crippen molar-refractivity contribution in [2.24, 2.45) is 5.90 Å². The monoisotopic (exact) mass is 215 g/mol. The van der Waals surface area contributed by atoms with Crippen LogP contribution in [0.15, 0.2) is 30.3 Å². The van der Waals surface area contributed by atoms with E-state index in [1.54, 1.807) is 18.2 Å². The molecule has 0 fully saturated rings. The molecular weight excluding hydrogens is 206 g/mol. The predicted octanol–water partition coefficient (Wildman–Crippen LogP) is -0.244. The van der Waals surface area contributed by atoms with E-state index in [-0.39, 0.29) is 0 Å². The predicted molar refractivity (Wildman–Crippen MR) is 49.8 cm³/mol. The average molecular weight is 215 g/mol. The molecule has 1 aromatic carbocycles. The van der Waals surface area contributed by atoms with E-state index in [2.05, 4.69) is 10.7 Å². The van der Waals surface area contributed by atoms with Gasteiger partial charge in [-0.2, -0.15) is 5.90 Å². The Morgan fingerprint density at radius 1 is 1.29 bits per heavy atom. The zero-order valence-electron chi connectivity index (χ0n) is 7.12. The minimum Gasteiger partial charge on any atom is -0.372 e. The molecule has 0 spiro atoms. The summed E-state index contributed by atoms with van der Waals surface area (Å²) in [6.07, 6.45) is 0. The summed E-state index contributed by atoms with van der Waals surface area (Å²) < 4.78 is 21.6. The molecule has 0 radical (unpaired) electrons. The molecule has 1 rings (SSSR count). The molecule has 1 atom stereocenters. The standard InChI is InChI=1S/C8H9NO4S/c9-13-8(10)7(14(11)12)6-4-2-1-3-5-6/h1-5,7,14H,9H2. The number of hydrogen-bond acceptors (Lipinski definition) is 5. The molecule has 76 valence electrons. The quantitative estimate of drug-likeness (QED) is 0.536. The van der Waals surface area contributed by atoms with Crippen LogP contribution in [0.1, 0.15) is 10.8 Å². The van der Waals surface area contributed by atoms with Gasteiger partial charge in [-0.05, 0) is 5.56 Å². The summed E-state index contributed by atoms with van der Waals surface area (Å²) in [5.41, 5.74) is 0.346. The van der Waals surface area contributed by atoms with Crippen LogP contribution < -0.4 is 5.90 Å². The summed E-state index contributed by atoms with van der Waals surface area (Å²) >= 11 is 0. The van der Waals surface area contributed by atoms with E-state index in [9.17, 15) is 13.2 Å².